The van der Waals surface area contributed by atoms with Crippen molar-refractivity contribution < 1.29 is 9.15 Å². The molecule has 5 heteroatoms. The molecule has 2 aromatic rings. The Morgan fingerprint density at radius 3 is 2.65 bits per heavy atom. The largest absolute Gasteiger partial charge is 0.469 e. The van der Waals surface area contributed by atoms with Gasteiger partial charge in [0.05, 0.1) is 12.9 Å². The van der Waals surface area contributed by atoms with Crippen molar-refractivity contribution in [2.24, 2.45) is 4.99 Å². The molecule has 0 radical (unpaired) electrons. The van der Waals surface area contributed by atoms with Gasteiger partial charge < -0.3 is 19.8 Å². The number of aliphatic imine (C=N–C) groups is 1. The van der Waals surface area contributed by atoms with E-state index in [0.717, 1.165) is 31.3 Å². The molecular weight excluding hydrogens is 290 g/mol. The Morgan fingerprint density at radius 1 is 1.13 bits per heavy atom. The average molecular weight is 315 g/mol. The van der Waals surface area contributed by atoms with E-state index in [2.05, 4.69) is 27.8 Å². The molecule has 2 rings (SSSR count). The van der Waals surface area contributed by atoms with Crippen LogP contribution in [0.4, 0.5) is 0 Å². The highest BCUT2D eigenvalue weighted by Gasteiger charge is 2.04. The van der Waals surface area contributed by atoms with Gasteiger partial charge in [0.2, 0.25) is 0 Å². The quantitative estimate of drug-likeness (QED) is 0.581. The number of nitrogens with one attached hydrogen (secondary N) is 2. The van der Waals surface area contributed by atoms with E-state index in [1.54, 1.807) is 13.3 Å². The third-order valence-electron chi connectivity index (χ3n) is 3.49. The highest BCUT2D eigenvalue weighted by atomic mass is 16.5. The lowest BCUT2D eigenvalue weighted by molar-refractivity contribution is 0.133. The Hall–Kier alpha value is -2.27. The first-order valence-corrected chi connectivity index (χ1v) is 7.95. The Labute approximate surface area is 137 Å². The van der Waals surface area contributed by atoms with E-state index in [1.165, 1.54) is 11.1 Å². The van der Waals surface area contributed by atoms with Crippen molar-refractivity contribution in [3.8, 4) is 0 Å². The zero-order chi connectivity index (χ0) is 16.3. The molecular formula is C18H25N3O2. The van der Waals surface area contributed by atoms with Crippen LogP contribution in [0.25, 0.3) is 0 Å². The average Bonchev–Trinajstić information content (AvgIpc) is 3.10. The van der Waals surface area contributed by atoms with E-state index < -0.39 is 0 Å². The van der Waals surface area contributed by atoms with Crippen molar-refractivity contribution in [2.45, 2.75) is 26.5 Å². The number of guanidine groups is 1. The molecule has 1 aromatic carbocycles. The second-order valence-corrected chi connectivity index (χ2v) is 5.09. The maximum atomic E-state index is 5.52. The first-order chi connectivity index (χ1) is 11.3. The summed E-state index contributed by atoms with van der Waals surface area (Å²) in [6, 6.07) is 12.2. The zero-order valence-corrected chi connectivity index (χ0v) is 13.8. The highest BCUT2D eigenvalue weighted by Crippen LogP contribution is 2.10. The monoisotopic (exact) mass is 315 g/mol. The summed E-state index contributed by atoms with van der Waals surface area (Å²) in [5.74, 6) is 1.75. The molecule has 0 fully saturated rings. The van der Waals surface area contributed by atoms with Gasteiger partial charge in [0.15, 0.2) is 5.96 Å². The van der Waals surface area contributed by atoms with Crippen molar-refractivity contribution in [3.05, 3.63) is 59.5 Å². The normalized spacial score (nSPS) is 11.5. The summed E-state index contributed by atoms with van der Waals surface area (Å²) in [6.07, 6.45) is 2.52. The van der Waals surface area contributed by atoms with Gasteiger partial charge in [-0.25, -0.2) is 0 Å². The minimum atomic E-state index is 0.638. The smallest absolute Gasteiger partial charge is 0.191 e. The van der Waals surface area contributed by atoms with Crippen molar-refractivity contribution in [1.29, 1.82) is 0 Å². The van der Waals surface area contributed by atoms with Crippen LogP contribution in [-0.4, -0.2) is 26.2 Å². The van der Waals surface area contributed by atoms with Gasteiger partial charge in [-0.05, 0) is 30.2 Å². The Bertz CT molecular complexity index is 594. The second-order valence-electron chi connectivity index (χ2n) is 5.09. The Balaban J connectivity index is 1.81. The molecule has 0 saturated carbocycles. The van der Waals surface area contributed by atoms with Crippen LogP contribution in [0.3, 0.4) is 0 Å². The molecule has 1 heterocycles. The van der Waals surface area contributed by atoms with Crippen LogP contribution in [0.15, 0.2) is 52.1 Å². The number of benzene rings is 1. The van der Waals surface area contributed by atoms with Gasteiger partial charge in [-0.1, -0.05) is 24.3 Å². The predicted octanol–water partition coefficient (Wildman–Crippen LogP) is 2.72. The predicted molar refractivity (Wildman–Crippen MR) is 92.4 cm³/mol. The molecule has 0 amide bonds. The van der Waals surface area contributed by atoms with E-state index in [0.29, 0.717) is 13.2 Å². The first kappa shape index (κ1) is 17.1. The highest BCUT2D eigenvalue weighted by molar-refractivity contribution is 5.79. The molecule has 5 nitrogen and oxygen atoms in total. The number of nitrogens with zero attached hydrogens (tertiary/aromatic N) is 1. The molecule has 0 saturated heterocycles. The number of hydrogen-bond donors (Lipinski definition) is 2. The van der Waals surface area contributed by atoms with E-state index in [4.69, 9.17) is 9.15 Å². The summed E-state index contributed by atoms with van der Waals surface area (Å²) in [6.45, 7) is 4.85. The van der Waals surface area contributed by atoms with E-state index in [-0.39, 0.29) is 0 Å². The lowest BCUT2D eigenvalue weighted by Crippen LogP contribution is -2.38. The van der Waals surface area contributed by atoms with Gasteiger partial charge >= 0.3 is 0 Å². The van der Waals surface area contributed by atoms with Gasteiger partial charge in [-0.3, -0.25) is 4.99 Å². The molecule has 0 spiro atoms. The van der Waals surface area contributed by atoms with E-state index >= 15 is 0 Å². The molecule has 0 aliphatic carbocycles. The van der Waals surface area contributed by atoms with Gasteiger partial charge in [0.1, 0.15) is 5.76 Å². The van der Waals surface area contributed by atoms with E-state index in [9.17, 15) is 0 Å². The molecule has 2 N–H and O–H groups in total. The fourth-order valence-corrected chi connectivity index (χ4v) is 2.24. The second kappa shape index (κ2) is 9.69. The van der Waals surface area contributed by atoms with Gasteiger partial charge in [0, 0.05) is 33.2 Å². The molecule has 0 bridgehead atoms. The van der Waals surface area contributed by atoms with Gasteiger partial charge in [-0.15, -0.1) is 0 Å². The van der Waals surface area contributed by atoms with E-state index in [1.807, 2.05) is 31.2 Å². The standard InChI is InChI=1S/C18H25N3O2/c1-3-22-14-16-8-5-4-7-15(16)13-21-18(19-2)20-11-10-17-9-6-12-23-17/h4-9,12H,3,10-11,13-14H2,1-2H3,(H2,19,20,21). The van der Waals surface area contributed by atoms with Crippen LogP contribution in [0.1, 0.15) is 23.8 Å². The van der Waals surface area contributed by atoms with Crippen molar-refractivity contribution in [2.75, 3.05) is 20.2 Å². The SMILES string of the molecule is CCOCc1ccccc1CNC(=NC)NCCc1ccco1. The van der Waals surface area contributed by atoms with Crippen molar-refractivity contribution >= 4 is 5.96 Å². The maximum Gasteiger partial charge on any atom is 0.191 e. The number of rotatable bonds is 8. The molecule has 0 atom stereocenters. The lowest BCUT2D eigenvalue weighted by Gasteiger charge is -2.14. The molecule has 23 heavy (non-hydrogen) atoms. The van der Waals surface area contributed by atoms with Crippen LogP contribution in [0.2, 0.25) is 0 Å². The summed E-state index contributed by atoms with van der Waals surface area (Å²) < 4.78 is 10.8. The van der Waals surface area contributed by atoms with Crippen molar-refractivity contribution in [1.82, 2.24) is 10.6 Å². The summed E-state index contributed by atoms with van der Waals surface area (Å²) in [4.78, 5) is 4.25. The Kier molecular flexibility index (Phi) is 7.20. The molecule has 1 aromatic heterocycles. The van der Waals surface area contributed by atoms with Crippen LogP contribution >= 0.6 is 0 Å². The minimum Gasteiger partial charge on any atom is -0.469 e. The summed E-state index contributed by atoms with van der Waals surface area (Å²) in [5.41, 5.74) is 2.42. The third-order valence-corrected chi connectivity index (χ3v) is 3.49. The zero-order valence-electron chi connectivity index (χ0n) is 13.8. The molecule has 0 unspecified atom stereocenters. The number of ether oxygens (including phenoxy) is 1. The third kappa shape index (κ3) is 5.79. The Morgan fingerprint density at radius 2 is 1.96 bits per heavy atom. The van der Waals surface area contributed by atoms with Gasteiger partial charge in [-0.2, -0.15) is 0 Å². The summed E-state index contributed by atoms with van der Waals surface area (Å²) in [5, 5.41) is 6.62. The fraction of sp³-hybridized carbons (Fsp3) is 0.389. The van der Waals surface area contributed by atoms with Crippen LogP contribution < -0.4 is 10.6 Å². The number of hydrogen-bond acceptors (Lipinski definition) is 3. The lowest BCUT2D eigenvalue weighted by atomic mass is 10.1. The molecule has 0 aliphatic rings. The van der Waals surface area contributed by atoms with Crippen LogP contribution in [0.5, 0.6) is 0 Å². The molecule has 124 valence electrons. The summed E-state index contributed by atoms with van der Waals surface area (Å²) in [7, 11) is 1.77. The maximum absolute atomic E-state index is 5.52. The van der Waals surface area contributed by atoms with Crippen LogP contribution in [-0.2, 0) is 24.3 Å². The summed E-state index contributed by atoms with van der Waals surface area (Å²) >= 11 is 0. The first-order valence-electron chi connectivity index (χ1n) is 7.95. The van der Waals surface area contributed by atoms with Gasteiger partial charge in [0.25, 0.3) is 0 Å². The minimum absolute atomic E-state index is 0.638. The fourth-order valence-electron chi connectivity index (χ4n) is 2.24. The number of furan rings is 1. The van der Waals surface area contributed by atoms with Crippen LogP contribution in [0, 0.1) is 0 Å². The van der Waals surface area contributed by atoms with Crippen molar-refractivity contribution in [3.63, 3.8) is 0 Å². The molecule has 0 aliphatic heterocycles. The topological polar surface area (TPSA) is 58.8 Å².